The van der Waals surface area contributed by atoms with Crippen molar-refractivity contribution in [3.05, 3.63) is 41.2 Å². The molecule has 0 spiro atoms. The quantitative estimate of drug-likeness (QED) is 0.862. The average molecular weight is 311 g/mol. The van der Waals surface area contributed by atoms with Gasteiger partial charge in [0.2, 0.25) is 5.91 Å². The standard InChI is InChI=1S/C13H14FN3OS2/c1-8(10-3-5-11(14)6-4-10)16-12(18)9(2)20-13-17-15-7-19-13/h3-9H,1-2H3,(H,16,18)/t8-,9-/m1/s1. The van der Waals surface area contributed by atoms with E-state index in [-0.39, 0.29) is 23.0 Å². The van der Waals surface area contributed by atoms with Gasteiger partial charge in [0, 0.05) is 0 Å². The van der Waals surface area contributed by atoms with Crippen molar-refractivity contribution in [3.63, 3.8) is 0 Å². The van der Waals surface area contributed by atoms with Gasteiger partial charge in [-0.25, -0.2) is 4.39 Å². The first kappa shape index (κ1) is 14.9. The minimum Gasteiger partial charge on any atom is -0.349 e. The Kier molecular flexibility index (Phi) is 5.08. The summed E-state index contributed by atoms with van der Waals surface area (Å²) < 4.78 is 13.6. The third kappa shape index (κ3) is 4.01. The molecule has 7 heteroatoms. The zero-order valence-electron chi connectivity index (χ0n) is 11.0. The Morgan fingerprint density at radius 2 is 2.05 bits per heavy atom. The van der Waals surface area contributed by atoms with Crippen LogP contribution in [0.25, 0.3) is 0 Å². The van der Waals surface area contributed by atoms with Gasteiger partial charge in [-0.15, -0.1) is 10.2 Å². The van der Waals surface area contributed by atoms with E-state index in [9.17, 15) is 9.18 Å². The van der Waals surface area contributed by atoms with Gasteiger partial charge in [-0.2, -0.15) is 0 Å². The third-order valence-corrected chi connectivity index (χ3v) is 4.63. The summed E-state index contributed by atoms with van der Waals surface area (Å²) in [5, 5.41) is 10.3. The van der Waals surface area contributed by atoms with Crippen molar-refractivity contribution in [3.8, 4) is 0 Å². The summed E-state index contributed by atoms with van der Waals surface area (Å²) in [5.74, 6) is -0.366. The number of rotatable bonds is 5. The Labute approximate surface area is 124 Å². The van der Waals surface area contributed by atoms with Crippen LogP contribution in [0, 0.1) is 5.82 Å². The highest BCUT2D eigenvalue weighted by Gasteiger charge is 2.18. The third-order valence-electron chi connectivity index (χ3n) is 2.72. The number of benzene rings is 1. The van der Waals surface area contributed by atoms with Gasteiger partial charge in [0.1, 0.15) is 11.3 Å². The molecule has 1 aromatic heterocycles. The molecule has 0 radical (unpaired) electrons. The maximum absolute atomic E-state index is 12.9. The van der Waals surface area contributed by atoms with Gasteiger partial charge in [-0.1, -0.05) is 35.2 Å². The van der Waals surface area contributed by atoms with Crippen LogP contribution in [-0.4, -0.2) is 21.4 Å². The van der Waals surface area contributed by atoms with Crippen molar-refractivity contribution in [1.82, 2.24) is 15.5 Å². The minimum absolute atomic E-state index is 0.0815. The van der Waals surface area contributed by atoms with Crippen LogP contribution in [0.2, 0.25) is 0 Å². The molecule has 0 saturated heterocycles. The second kappa shape index (κ2) is 6.81. The fourth-order valence-electron chi connectivity index (χ4n) is 1.58. The predicted octanol–water partition coefficient (Wildman–Crippen LogP) is 3.04. The van der Waals surface area contributed by atoms with Gasteiger partial charge < -0.3 is 5.32 Å². The summed E-state index contributed by atoms with van der Waals surface area (Å²) in [6, 6.07) is 5.95. The Bertz CT molecular complexity index is 560. The van der Waals surface area contributed by atoms with Crippen LogP contribution in [0.4, 0.5) is 4.39 Å². The lowest BCUT2D eigenvalue weighted by Gasteiger charge is -2.17. The van der Waals surface area contributed by atoms with Gasteiger partial charge in [-0.05, 0) is 31.5 Å². The first-order valence-corrected chi connectivity index (χ1v) is 7.81. The fourth-order valence-corrected chi connectivity index (χ4v) is 3.22. The largest absolute Gasteiger partial charge is 0.349 e. The summed E-state index contributed by atoms with van der Waals surface area (Å²) in [6.07, 6.45) is 0. The average Bonchev–Trinajstić information content (AvgIpc) is 2.92. The van der Waals surface area contributed by atoms with Crippen LogP contribution in [0.15, 0.2) is 34.1 Å². The summed E-state index contributed by atoms with van der Waals surface area (Å²) in [5.41, 5.74) is 2.50. The summed E-state index contributed by atoms with van der Waals surface area (Å²) in [6.45, 7) is 3.69. The van der Waals surface area contributed by atoms with Crippen LogP contribution < -0.4 is 5.32 Å². The Morgan fingerprint density at radius 1 is 1.35 bits per heavy atom. The smallest absolute Gasteiger partial charge is 0.233 e. The van der Waals surface area contributed by atoms with Crippen molar-refractivity contribution in [2.24, 2.45) is 0 Å². The van der Waals surface area contributed by atoms with Crippen molar-refractivity contribution in [2.45, 2.75) is 29.5 Å². The fraction of sp³-hybridized carbons (Fsp3) is 0.308. The SMILES string of the molecule is C[C@@H](Sc1nncs1)C(=O)N[C@H](C)c1ccc(F)cc1. The highest BCUT2D eigenvalue weighted by molar-refractivity contribution is 8.02. The molecule has 0 aliphatic heterocycles. The first-order valence-electron chi connectivity index (χ1n) is 6.05. The molecule has 20 heavy (non-hydrogen) atoms. The Balaban J connectivity index is 1.91. The number of thioether (sulfide) groups is 1. The molecule has 0 fully saturated rings. The van der Waals surface area contributed by atoms with Crippen LogP contribution in [0.5, 0.6) is 0 Å². The van der Waals surface area contributed by atoms with E-state index >= 15 is 0 Å². The van der Waals surface area contributed by atoms with Crippen molar-refractivity contribution in [1.29, 1.82) is 0 Å². The lowest BCUT2D eigenvalue weighted by atomic mass is 10.1. The molecule has 1 aromatic carbocycles. The maximum atomic E-state index is 12.9. The molecule has 106 valence electrons. The second-order valence-corrected chi connectivity index (χ2v) is 6.67. The number of hydrogen-bond acceptors (Lipinski definition) is 5. The van der Waals surface area contributed by atoms with E-state index < -0.39 is 0 Å². The number of nitrogens with one attached hydrogen (secondary N) is 1. The lowest BCUT2D eigenvalue weighted by molar-refractivity contribution is -0.120. The van der Waals surface area contributed by atoms with Gasteiger partial charge in [0.15, 0.2) is 4.34 Å². The highest BCUT2D eigenvalue weighted by atomic mass is 32.2. The van der Waals surface area contributed by atoms with Crippen LogP contribution >= 0.6 is 23.1 Å². The molecule has 1 heterocycles. The predicted molar refractivity (Wildman–Crippen MR) is 78.2 cm³/mol. The zero-order chi connectivity index (χ0) is 14.5. The van der Waals surface area contributed by atoms with E-state index in [1.807, 2.05) is 13.8 Å². The van der Waals surface area contributed by atoms with Crippen molar-refractivity contribution in [2.75, 3.05) is 0 Å². The molecule has 2 aromatic rings. The van der Waals surface area contributed by atoms with E-state index in [2.05, 4.69) is 15.5 Å². The highest BCUT2D eigenvalue weighted by Crippen LogP contribution is 2.24. The number of hydrogen-bond donors (Lipinski definition) is 1. The molecule has 2 atom stereocenters. The van der Waals surface area contributed by atoms with Gasteiger partial charge in [0.25, 0.3) is 0 Å². The van der Waals surface area contributed by atoms with E-state index in [1.165, 1.54) is 35.2 Å². The number of carbonyl (C=O) groups is 1. The van der Waals surface area contributed by atoms with E-state index in [0.717, 1.165) is 9.90 Å². The van der Waals surface area contributed by atoms with E-state index in [4.69, 9.17) is 0 Å². The lowest BCUT2D eigenvalue weighted by Crippen LogP contribution is -2.33. The summed E-state index contributed by atoms with van der Waals surface area (Å²) >= 11 is 2.78. The van der Waals surface area contributed by atoms with E-state index in [0.29, 0.717) is 0 Å². The molecule has 0 unspecified atom stereocenters. The number of carbonyl (C=O) groups excluding carboxylic acids is 1. The molecule has 1 N–H and O–H groups in total. The monoisotopic (exact) mass is 311 g/mol. The second-order valence-electron chi connectivity index (χ2n) is 4.25. The van der Waals surface area contributed by atoms with Crippen LogP contribution in [0.1, 0.15) is 25.5 Å². The zero-order valence-corrected chi connectivity index (χ0v) is 12.7. The summed E-state index contributed by atoms with van der Waals surface area (Å²) in [4.78, 5) is 12.1. The van der Waals surface area contributed by atoms with Crippen LogP contribution in [0.3, 0.4) is 0 Å². The molecule has 2 rings (SSSR count). The van der Waals surface area contributed by atoms with Gasteiger partial charge in [-0.3, -0.25) is 4.79 Å². The number of amides is 1. The molecular weight excluding hydrogens is 297 g/mol. The number of aromatic nitrogens is 2. The van der Waals surface area contributed by atoms with Crippen LogP contribution in [-0.2, 0) is 4.79 Å². The topological polar surface area (TPSA) is 54.9 Å². The normalized spacial score (nSPS) is 13.8. The molecule has 0 bridgehead atoms. The molecule has 0 saturated carbocycles. The molecule has 1 amide bonds. The molecule has 0 aliphatic carbocycles. The molecular formula is C13H14FN3OS2. The Hall–Kier alpha value is -1.47. The van der Waals surface area contributed by atoms with E-state index in [1.54, 1.807) is 17.6 Å². The number of halogens is 1. The van der Waals surface area contributed by atoms with Gasteiger partial charge in [0.05, 0.1) is 11.3 Å². The Morgan fingerprint density at radius 3 is 2.65 bits per heavy atom. The van der Waals surface area contributed by atoms with Crippen molar-refractivity contribution >= 4 is 29.0 Å². The number of nitrogens with zero attached hydrogens (tertiary/aromatic N) is 2. The maximum Gasteiger partial charge on any atom is 0.233 e. The molecule has 0 aliphatic rings. The van der Waals surface area contributed by atoms with Crippen molar-refractivity contribution < 1.29 is 9.18 Å². The summed E-state index contributed by atoms with van der Waals surface area (Å²) in [7, 11) is 0. The molecule has 4 nitrogen and oxygen atoms in total. The van der Waals surface area contributed by atoms with Gasteiger partial charge >= 0.3 is 0 Å². The first-order chi connectivity index (χ1) is 9.56. The minimum atomic E-state index is -0.285.